The Morgan fingerprint density at radius 1 is 0.816 bits per heavy atom. The van der Waals surface area contributed by atoms with Crippen LogP contribution in [0.2, 0.25) is 0 Å². The van der Waals surface area contributed by atoms with Crippen LogP contribution in [-0.4, -0.2) is 34.6 Å². The van der Waals surface area contributed by atoms with E-state index in [1.165, 1.54) is 42.4 Å². The molecule has 0 heterocycles. The third kappa shape index (κ3) is 8.42. The zero-order chi connectivity index (χ0) is 26.7. The first-order valence-electron chi connectivity index (χ1n) is 13.2. The average molecular weight is 537 g/mol. The molecule has 3 aromatic rings. The van der Waals surface area contributed by atoms with Gasteiger partial charge in [0.15, 0.2) is 0 Å². The predicted molar refractivity (Wildman–Crippen MR) is 148 cm³/mol. The van der Waals surface area contributed by atoms with E-state index in [9.17, 15) is 18.4 Å². The van der Waals surface area contributed by atoms with Gasteiger partial charge >= 0.3 is 0 Å². The van der Waals surface area contributed by atoms with Gasteiger partial charge in [-0.15, -0.1) is 11.8 Å². The predicted octanol–water partition coefficient (Wildman–Crippen LogP) is 6.29. The van der Waals surface area contributed by atoms with Crippen molar-refractivity contribution in [3.05, 3.63) is 107 Å². The van der Waals surface area contributed by atoms with Gasteiger partial charge in [-0.3, -0.25) is 9.59 Å². The summed E-state index contributed by atoms with van der Waals surface area (Å²) in [5.41, 5.74) is 2.64. The lowest BCUT2D eigenvalue weighted by Gasteiger charge is -2.33. The third-order valence-corrected chi connectivity index (χ3v) is 7.88. The van der Waals surface area contributed by atoms with E-state index in [0.29, 0.717) is 12.2 Å². The molecule has 0 aliphatic heterocycles. The van der Waals surface area contributed by atoms with Gasteiger partial charge in [-0.25, -0.2) is 8.78 Å². The second-order valence-corrected chi connectivity index (χ2v) is 10.8. The van der Waals surface area contributed by atoms with E-state index in [-0.39, 0.29) is 41.8 Å². The van der Waals surface area contributed by atoms with Crippen LogP contribution in [0.4, 0.5) is 8.78 Å². The van der Waals surface area contributed by atoms with E-state index >= 15 is 0 Å². The number of amides is 2. The lowest BCUT2D eigenvalue weighted by molar-refractivity contribution is -0.139. The monoisotopic (exact) mass is 536 g/mol. The molecular formula is C31H34F2N2O2S. The minimum Gasteiger partial charge on any atom is -0.352 e. The maximum absolute atomic E-state index is 13.7. The van der Waals surface area contributed by atoms with Crippen molar-refractivity contribution in [3.63, 3.8) is 0 Å². The fourth-order valence-electron chi connectivity index (χ4n) is 4.80. The number of benzene rings is 3. The quantitative estimate of drug-likeness (QED) is 0.314. The Kier molecular flexibility index (Phi) is 10.3. The number of halogens is 2. The summed E-state index contributed by atoms with van der Waals surface area (Å²) in [6.45, 7) is 0.200. The van der Waals surface area contributed by atoms with Crippen molar-refractivity contribution < 1.29 is 18.4 Å². The number of thioether (sulfide) groups is 1. The molecule has 0 unspecified atom stereocenters. The van der Waals surface area contributed by atoms with Crippen LogP contribution < -0.4 is 5.32 Å². The van der Waals surface area contributed by atoms with Crippen LogP contribution >= 0.6 is 11.8 Å². The summed E-state index contributed by atoms with van der Waals surface area (Å²) < 4.78 is 26.9. The molecule has 0 saturated heterocycles. The largest absolute Gasteiger partial charge is 0.352 e. The first kappa shape index (κ1) is 27.8. The van der Waals surface area contributed by atoms with E-state index in [1.54, 1.807) is 29.2 Å². The number of carbonyl (C=O) groups is 2. The Morgan fingerprint density at radius 2 is 1.42 bits per heavy atom. The van der Waals surface area contributed by atoms with Gasteiger partial charge in [0.1, 0.15) is 17.7 Å². The van der Waals surface area contributed by atoms with Crippen molar-refractivity contribution in [2.75, 3.05) is 5.75 Å². The van der Waals surface area contributed by atoms with E-state index in [4.69, 9.17) is 0 Å². The molecule has 1 fully saturated rings. The Morgan fingerprint density at radius 3 is 2.05 bits per heavy atom. The van der Waals surface area contributed by atoms with E-state index in [2.05, 4.69) is 5.32 Å². The van der Waals surface area contributed by atoms with Gasteiger partial charge in [0.2, 0.25) is 11.8 Å². The van der Waals surface area contributed by atoms with Crippen molar-refractivity contribution in [3.8, 4) is 0 Å². The molecule has 1 aliphatic rings. The molecule has 1 atom stereocenters. The van der Waals surface area contributed by atoms with Crippen LogP contribution in [0.25, 0.3) is 0 Å². The van der Waals surface area contributed by atoms with E-state index in [1.807, 2.05) is 30.3 Å². The summed E-state index contributed by atoms with van der Waals surface area (Å²) in [6.07, 6.45) is 5.64. The molecule has 4 nitrogen and oxygen atoms in total. The number of nitrogens with one attached hydrogen (secondary N) is 1. The molecule has 4 rings (SSSR count). The second-order valence-electron chi connectivity index (χ2n) is 9.82. The molecule has 1 N–H and O–H groups in total. The summed E-state index contributed by atoms with van der Waals surface area (Å²) in [5, 5.41) is 3.22. The Hall–Kier alpha value is -3.19. The molecular weight excluding hydrogens is 502 g/mol. The Balaban J connectivity index is 1.55. The minimum atomic E-state index is -0.705. The van der Waals surface area contributed by atoms with Crippen molar-refractivity contribution in [1.29, 1.82) is 0 Å². The summed E-state index contributed by atoms with van der Waals surface area (Å²) in [5.74, 6) is -0.250. The zero-order valence-corrected chi connectivity index (χ0v) is 22.3. The molecule has 7 heteroatoms. The Bertz CT molecular complexity index is 1170. The second kappa shape index (κ2) is 14.1. The maximum Gasteiger partial charge on any atom is 0.243 e. The number of rotatable bonds is 11. The molecule has 0 spiro atoms. The Labute approximate surface area is 227 Å². The summed E-state index contributed by atoms with van der Waals surface area (Å²) >= 11 is 1.43. The average Bonchev–Trinajstić information content (AvgIpc) is 2.94. The number of carbonyl (C=O) groups excluding carboxylic acids is 2. The normalized spacial score (nSPS) is 14.6. The highest BCUT2D eigenvalue weighted by Gasteiger charge is 2.31. The maximum atomic E-state index is 13.7. The highest BCUT2D eigenvalue weighted by Crippen LogP contribution is 2.21. The van der Waals surface area contributed by atoms with Crippen LogP contribution in [0.3, 0.4) is 0 Å². The summed E-state index contributed by atoms with van der Waals surface area (Å²) in [4.78, 5) is 29.0. The molecule has 200 valence electrons. The summed E-state index contributed by atoms with van der Waals surface area (Å²) in [6, 6.07) is 21.4. The first-order valence-corrected chi connectivity index (χ1v) is 14.3. The highest BCUT2D eigenvalue weighted by atomic mass is 32.2. The lowest BCUT2D eigenvalue weighted by Crippen LogP contribution is -2.53. The molecule has 1 saturated carbocycles. The zero-order valence-electron chi connectivity index (χ0n) is 21.5. The highest BCUT2D eigenvalue weighted by molar-refractivity contribution is 7.99. The van der Waals surface area contributed by atoms with Crippen LogP contribution in [0.5, 0.6) is 0 Å². The van der Waals surface area contributed by atoms with Gasteiger partial charge in [0.05, 0.1) is 5.75 Å². The molecule has 0 radical (unpaired) electrons. The standard InChI is InChI=1S/C31H34F2N2O2S/c32-26-15-11-24(12-16-26)20-35(30(36)22-38-21-25-13-17-27(33)18-14-25)29(19-23-7-3-1-4-8-23)31(37)34-28-9-5-2-6-10-28/h1,3-4,7-8,11-18,28-29H,2,5-6,9-10,19-22H2,(H,34,37)/t29-/m0/s1. The van der Waals surface area contributed by atoms with Crippen LogP contribution in [-0.2, 0) is 28.3 Å². The lowest BCUT2D eigenvalue weighted by atomic mass is 9.94. The van der Waals surface area contributed by atoms with Crippen LogP contribution in [0, 0.1) is 11.6 Å². The fraction of sp³-hybridized carbons (Fsp3) is 0.355. The van der Waals surface area contributed by atoms with Crippen LogP contribution in [0.1, 0.15) is 48.8 Å². The van der Waals surface area contributed by atoms with Crippen LogP contribution in [0.15, 0.2) is 78.9 Å². The fourth-order valence-corrected chi connectivity index (χ4v) is 5.68. The van der Waals surface area contributed by atoms with Gasteiger partial charge in [0.25, 0.3) is 0 Å². The SMILES string of the molecule is O=C(NC1CCCCC1)[C@H](Cc1ccccc1)N(Cc1ccc(F)cc1)C(=O)CSCc1ccc(F)cc1. The molecule has 2 amide bonds. The molecule has 0 bridgehead atoms. The molecule has 0 aromatic heterocycles. The number of nitrogens with zero attached hydrogens (tertiary/aromatic N) is 1. The van der Waals surface area contributed by atoms with Crippen molar-refractivity contribution >= 4 is 23.6 Å². The van der Waals surface area contributed by atoms with E-state index < -0.39 is 6.04 Å². The number of hydrogen-bond donors (Lipinski definition) is 1. The van der Waals surface area contributed by atoms with Crippen molar-refractivity contribution in [2.45, 2.75) is 62.9 Å². The van der Waals surface area contributed by atoms with Crippen molar-refractivity contribution in [1.82, 2.24) is 10.2 Å². The smallest absolute Gasteiger partial charge is 0.243 e. The topological polar surface area (TPSA) is 49.4 Å². The molecule has 38 heavy (non-hydrogen) atoms. The van der Waals surface area contributed by atoms with Crippen molar-refractivity contribution in [2.24, 2.45) is 0 Å². The number of hydrogen-bond acceptors (Lipinski definition) is 3. The van der Waals surface area contributed by atoms with Gasteiger partial charge in [-0.2, -0.15) is 0 Å². The third-order valence-electron chi connectivity index (χ3n) is 6.90. The van der Waals surface area contributed by atoms with Gasteiger partial charge in [0, 0.05) is 24.8 Å². The summed E-state index contributed by atoms with van der Waals surface area (Å²) in [7, 11) is 0. The first-order chi connectivity index (χ1) is 18.5. The van der Waals surface area contributed by atoms with Gasteiger partial charge in [-0.05, 0) is 53.8 Å². The molecule has 1 aliphatic carbocycles. The van der Waals surface area contributed by atoms with Gasteiger partial charge < -0.3 is 10.2 Å². The van der Waals surface area contributed by atoms with E-state index in [0.717, 1.165) is 42.4 Å². The molecule has 3 aromatic carbocycles. The van der Waals surface area contributed by atoms with Gasteiger partial charge in [-0.1, -0.05) is 73.9 Å². The minimum absolute atomic E-state index is 0.116.